The van der Waals surface area contributed by atoms with Crippen molar-refractivity contribution in [2.24, 2.45) is 5.92 Å². The van der Waals surface area contributed by atoms with Crippen molar-refractivity contribution in [2.75, 3.05) is 0 Å². The van der Waals surface area contributed by atoms with Crippen LogP contribution in [-0.4, -0.2) is 9.97 Å². The molecule has 0 N–H and O–H groups in total. The largest absolute Gasteiger partial charge is 0.438 e. The third-order valence-electron chi connectivity index (χ3n) is 5.04. The van der Waals surface area contributed by atoms with Gasteiger partial charge in [-0.25, -0.2) is 9.78 Å². The van der Waals surface area contributed by atoms with Crippen LogP contribution in [0.5, 0.6) is 11.6 Å². The van der Waals surface area contributed by atoms with Gasteiger partial charge in [0, 0.05) is 22.4 Å². The summed E-state index contributed by atoms with van der Waals surface area (Å²) in [5.74, 6) is 2.58. The lowest BCUT2D eigenvalue weighted by Crippen LogP contribution is -2.08. The summed E-state index contributed by atoms with van der Waals surface area (Å²) >= 11 is 1.76. The highest BCUT2D eigenvalue weighted by atomic mass is 32.1. The molecule has 0 spiro atoms. The molecule has 136 valence electrons. The van der Waals surface area contributed by atoms with Gasteiger partial charge in [0.05, 0.1) is 5.39 Å². The van der Waals surface area contributed by atoms with Crippen molar-refractivity contribution in [2.45, 2.75) is 33.1 Å². The topological polar surface area (TPSA) is 65.2 Å². The minimum Gasteiger partial charge on any atom is -0.438 e. The summed E-state index contributed by atoms with van der Waals surface area (Å²) in [4.78, 5) is 23.1. The summed E-state index contributed by atoms with van der Waals surface area (Å²) in [6.07, 6.45) is 3.30. The summed E-state index contributed by atoms with van der Waals surface area (Å²) in [5.41, 5.74) is 1.46. The Labute approximate surface area is 159 Å². The van der Waals surface area contributed by atoms with Crippen LogP contribution in [0.4, 0.5) is 0 Å². The van der Waals surface area contributed by atoms with E-state index in [0.717, 1.165) is 28.4 Å². The number of benzene rings is 1. The summed E-state index contributed by atoms with van der Waals surface area (Å²) in [6.45, 7) is 4.18. The van der Waals surface area contributed by atoms with Crippen LogP contribution in [0.1, 0.15) is 29.6 Å². The first-order valence-corrected chi connectivity index (χ1v) is 9.89. The Morgan fingerprint density at radius 3 is 2.96 bits per heavy atom. The molecule has 0 aliphatic heterocycles. The molecule has 0 radical (unpaired) electrons. The molecule has 0 saturated carbocycles. The predicted octanol–water partition coefficient (Wildman–Crippen LogP) is 5.02. The maximum Gasteiger partial charge on any atom is 0.336 e. The van der Waals surface area contributed by atoms with Gasteiger partial charge >= 0.3 is 5.63 Å². The van der Waals surface area contributed by atoms with Crippen LogP contribution in [0.3, 0.4) is 0 Å². The Balaban J connectivity index is 1.63. The molecule has 3 heterocycles. The molecular formula is C21H18N2O3S. The molecule has 0 unspecified atom stereocenters. The van der Waals surface area contributed by atoms with Crippen LogP contribution in [-0.2, 0) is 12.8 Å². The summed E-state index contributed by atoms with van der Waals surface area (Å²) in [7, 11) is 0. The van der Waals surface area contributed by atoms with Gasteiger partial charge in [0.15, 0.2) is 0 Å². The highest BCUT2D eigenvalue weighted by Gasteiger charge is 2.24. The van der Waals surface area contributed by atoms with Gasteiger partial charge in [0.2, 0.25) is 5.88 Å². The second kappa shape index (κ2) is 6.16. The van der Waals surface area contributed by atoms with Gasteiger partial charge < -0.3 is 9.15 Å². The molecule has 5 rings (SSSR count). The molecule has 5 nitrogen and oxygen atoms in total. The zero-order valence-corrected chi connectivity index (χ0v) is 15.9. The Morgan fingerprint density at radius 2 is 2.07 bits per heavy atom. The fourth-order valence-corrected chi connectivity index (χ4v) is 5.12. The molecule has 1 aromatic carbocycles. The van der Waals surface area contributed by atoms with Gasteiger partial charge in [0.25, 0.3) is 0 Å². The molecule has 4 aromatic rings. The van der Waals surface area contributed by atoms with Crippen molar-refractivity contribution in [1.82, 2.24) is 9.97 Å². The first kappa shape index (κ1) is 16.4. The zero-order valence-electron chi connectivity index (χ0n) is 15.1. The lowest BCUT2D eigenvalue weighted by atomic mass is 9.89. The third kappa shape index (κ3) is 2.90. The average molecular weight is 378 g/mol. The monoisotopic (exact) mass is 378 g/mol. The van der Waals surface area contributed by atoms with E-state index < -0.39 is 0 Å². The van der Waals surface area contributed by atoms with E-state index in [2.05, 4.69) is 16.9 Å². The Morgan fingerprint density at radius 1 is 1.22 bits per heavy atom. The molecule has 0 fully saturated rings. The maximum absolute atomic E-state index is 11.5. The van der Waals surface area contributed by atoms with Gasteiger partial charge in [-0.15, -0.1) is 11.3 Å². The third-order valence-corrected chi connectivity index (χ3v) is 6.19. The zero-order chi connectivity index (χ0) is 18.5. The summed E-state index contributed by atoms with van der Waals surface area (Å²) in [5, 5.41) is 1.88. The van der Waals surface area contributed by atoms with Crippen LogP contribution in [0.25, 0.3) is 21.2 Å². The lowest BCUT2D eigenvalue weighted by molar-refractivity contribution is 0.463. The van der Waals surface area contributed by atoms with Crippen LogP contribution in [0, 0.1) is 12.8 Å². The maximum atomic E-state index is 11.5. The molecular weight excluding hydrogens is 360 g/mol. The van der Waals surface area contributed by atoms with E-state index in [1.807, 2.05) is 19.1 Å². The number of ether oxygens (including phenoxy) is 1. The van der Waals surface area contributed by atoms with Crippen molar-refractivity contribution in [1.29, 1.82) is 0 Å². The van der Waals surface area contributed by atoms with Crippen molar-refractivity contribution in [3.05, 3.63) is 57.0 Å². The Bertz CT molecular complexity index is 1240. The number of aromatic nitrogens is 2. The molecule has 27 heavy (non-hydrogen) atoms. The second-order valence-electron chi connectivity index (χ2n) is 7.16. The molecule has 1 aliphatic carbocycles. The van der Waals surface area contributed by atoms with Crippen LogP contribution >= 0.6 is 11.3 Å². The standard InChI is InChI=1S/C21H18N2O3S/c1-11-3-7-15-17(9-11)27-21-19(15)20(22-12(2)23-21)25-14-6-4-13-5-8-18(24)26-16(13)10-14/h4-6,8,10-11H,3,7,9H2,1-2H3/t11-/m1/s1. The molecule has 0 bridgehead atoms. The number of hydrogen-bond acceptors (Lipinski definition) is 6. The first-order valence-electron chi connectivity index (χ1n) is 9.07. The van der Waals surface area contributed by atoms with Crippen molar-refractivity contribution < 1.29 is 9.15 Å². The van der Waals surface area contributed by atoms with Crippen molar-refractivity contribution in [3.63, 3.8) is 0 Å². The first-order chi connectivity index (χ1) is 13.1. The number of fused-ring (bicyclic) bond motifs is 4. The highest BCUT2D eigenvalue weighted by Crippen LogP contribution is 2.41. The van der Waals surface area contributed by atoms with E-state index in [1.54, 1.807) is 23.5 Å². The van der Waals surface area contributed by atoms with E-state index in [4.69, 9.17) is 9.15 Å². The van der Waals surface area contributed by atoms with Crippen LogP contribution in [0.15, 0.2) is 39.5 Å². The van der Waals surface area contributed by atoms with E-state index in [9.17, 15) is 4.79 Å². The van der Waals surface area contributed by atoms with Gasteiger partial charge in [0.1, 0.15) is 22.0 Å². The minimum atomic E-state index is -0.374. The molecule has 1 aliphatic rings. The predicted molar refractivity (Wildman–Crippen MR) is 106 cm³/mol. The normalized spacial score (nSPS) is 16.6. The fourth-order valence-electron chi connectivity index (χ4n) is 3.70. The van der Waals surface area contributed by atoms with Crippen LogP contribution in [0.2, 0.25) is 0 Å². The number of aryl methyl sites for hydroxylation is 2. The Kier molecular flexibility index (Phi) is 3.75. The second-order valence-corrected chi connectivity index (χ2v) is 8.25. The number of nitrogens with zero attached hydrogens (tertiary/aromatic N) is 2. The number of hydrogen-bond donors (Lipinski definition) is 0. The van der Waals surface area contributed by atoms with Crippen molar-refractivity contribution >= 4 is 32.5 Å². The van der Waals surface area contributed by atoms with E-state index in [0.29, 0.717) is 29.0 Å². The lowest BCUT2D eigenvalue weighted by Gasteiger charge is -2.18. The van der Waals surface area contributed by atoms with E-state index in [-0.39, 0.29) is 5.63 Å². The molecule has 6 heteroatoms. The van der Waals surface area contributed by atoms with Crippen molar-refractivity contribution in [3.8, 4) is 11.6 Å². The number of rotatable bonds is 2. The molecule has 0 saturated heterocycles. The van der Waals surface area contributed by atoms with Gasteiger partial charge in [-0.1, -0.05) is 6.92 Å². The summed E-state index contributed by atoms with van der Waals surface area (Å²) in [6, 6.07) is 8.64. The Hall–Kier alpha value is -2.73. The highest BCUT2D eigenvalue weighted by molar-refractivity contribution is 7.18. The number of thiophene rings is 1. The van der Waals surface area contributed by atoms with Crippen LogP contribution < -0.4 is 10.4 Å². The summed E-state index contributed by atoms with van der Waals surface area (Å²) < 4.78 is 11.4. The SMILES string of the molecule is Cc1nc(Oc2ccc3ccc(=O)oc3c2)c2c3c(sc2n1)C[C@H](C)CC3. The average Bonchev–Trinajstić information content (AvgIpc) is 2.98. The van der Waals surface area contributed by atoms with Gasteiger partial charge in [-0.3, -0.25) is 0 Å². The minimum absolute atomic E-state index is 0.374. The molecule has 1 atom stereocenters. The smallest absolute Gasteiger partial charge is 0.336 e. The van der Waals surface area contributed by atoms with E-state index >= 15 is 0 Å². The van der Waals surface area contributed by atoms with E-state index in [1.165, 1.54) is 22.9 Å². The fraction of sp³-hybridized carbons (Fsp3) is 0.286. The molecule has 0 amide bonds. The van der Waals surface area contributed by atoms with Gasteiger partial charge in [-0.2, -0.15) is 4.98 Å². The molecule has 3 aromatic heterocycles. The quantitative estimate of drug-likeness (QED) is 0.458. The van der Waals surface area contributed by atoms with Gasteiger partial charge in [-0.05, 0) is 55.9 Å².